The Morgan fingerprint density at radius 2 is 2.40 bits per heavy atom. The zero-order chi connectivity index (χ0) is 6.85. The van der Waals surface area contributed by atoms with Crippen molar-refractivity contribution in [2.45, 2.75) is 18.9 Å². The number of halogens is 1. The van der Waals surface area contributed by atoms with Gasteiger partial charge in [-0.25, -0.2) is 4.79 Å². The van der Waals surface area contributed by atoms with E-state index in [9.17, 15) is 4.79 Å². The van der Waals surface area contributed by atoms with Gasteiger partial charge < -0.3 is 10.8 Å². The fourth-order valence-electron chi connectivity index (χ4n) is 0.917. The lowest BCUT2D eigenvalue weighted by Crippen LogP contribution is -2.16. The highest BCUT2D eigenvalue weighted by atomic mass is 35.5. The monoisotopic (exact) mass is 163 g/mol. The first-order chi connectivity index (χ1) is 4.20. The predicted octanol–water partition coefficient (Wildman–Crippen LogP) is 0.540. The maximum Gasteiger partial charge on any atom is 0.331 e. The van der Waals surface area contributed by atoms with Crippen molar-refractivity contribution in [3.8, 4) is 0 Å². The molecule has 0 fully saturated rings. The molecule has 1 rings (SSSR count). The van der Waals surface area contributed by atoms with Crippen molar-refractivity contribution < 1.29 is 9.90 Å². The summed E-state index contributed by atoms with van der Waals surface area (Å²) in [5, 5.41) is 8.41. The van der Waals surface area contributed by atoms with E-state index >= 15 is 0 Å². The number of hydrogen-bond acceptors (Lipinski definition) is 2. The molecule has 3 N–H and O–H groups in total. The Morgan fingerprint density at radius 3 is 2.60 bits per heavy atom. The molecule has 1 atom stereocenters. The second-order valence-electron chi connectivity index (χ2n) is 2.23. The average molecular weight is 164 g/mol. The molecule has 0 aromatic rings. The smallest absolute Gasteiger partial charge is 0.331 e. The minimum Gasteiger partial charge on any atom is -0.478 e. The van der Waals surface area contributed by atoms with Gasteiger partial charge in [-0.1, -0.05) is 6.08 Å². The molecule has 0 aromatic heterocycles. The van der Waals surface area contributed by atoms with Crippen LogP contribution in [0.15, 0.2) is 11.6 Å². The van der Waals surface area contributed by atoms with E-state index in [1.807, 2.05) is 0 Å². The summed E-state index contributed by atoms with van der Waals surface area (Å²) < 4.78 is 0. The Morgan fingerprint density at radius 1 is 1.80 bits per heavy atom. The third-order valence-electron chi connectivity index (χ3n) is 1.42. The van der Waals surface area contributed by atoms with E-state index in [1.165, 1.54) is 0 Å². The molecule has 3 nitrogen and oxygen atoms in total. The third kappa shape index (κ3) is 2.01. The molecule has 0 saturated heterocycles. The minimum absolute atomic E-state index is 0. The molecule has 1 aliphatic carbocycles. The first kappa shape index (κ1) is 9.46. The number of aliphatic carboxylic acids is 1. The van der Waals surface area contributed by atoms with Gasteiger partial charge in [0.25, 0.3) is 0 Å². The molecular weight excluding hydrogens is 154 g/mol. The van der Waals surface area contributed by atoms with E-state index in [1.54, 1.807) is 6.08 Å². The summed E-state index contributed by atoms with van der Waals surface area (Å²) in [7, 11) is 0. The van der Waals surface area contributed by atoms with Gasteiger partial charge in [0.15, 0.2) is 0 Å². The van der Waals surface area contributed by atoms with Gasteiger partial charge in [0.2, 0.25) is 0 Å². The summed E-state index contributed by atoms with van der Waals surface area (Å²) in [6, 6.07) is 0.0381. The van der Waals surface area contributed by atoms with Gasteiger partial charge in [-0.3, -0.25) is 0 Å². The molecule has 0 spiro atoms. The molecule has 0 amide bonds. The fraction of sp³-hybridized carbons (Fsp3) is 0.500. The largest absolute Gasteiger partial charge is 0.478 e. The molecule has 0 heterocycles. The fourth-order valence-corrected chi connectivity index (χ4v) is 0.917. The maximum absolute atomic E-state index is 10.2. The van der Waals surface area contributed by atoms with Crippen LogP contribution < -0.4 is 5.73 Å². The first-order valence-electron chi connectivity index (χ1n) is 2.88. The topological polar surface area (TPSA) is 63.3 Å². The van der Waals surface area contributed by atoms with E-state index < -0.39 is 5.97 Å². The summed E-state index contributed by atoms with van der Waals surface area (Å²) >= 11 is 0. The highest BCUT2D eigenvalue weighted by molar-refractivity contribution is 5.87. The molecule has 4 heteroatoms. The van der Waals surface area contributed by atoms with E-state index in [4.69, 9.17) is 10.8 Å². The third-order valence-corrected chi connectivity index (χ3v) is 1.42. The maximum atomic E-state index is 10.2. The number of carbonyl (C=O) groups is 1. The SMILES string of the molecule is Cl.N[C@H]1CC=C(C(=O)O)C1. The van der Waals surface area contributed by atoms with Crippen LogP contribution in [0.25, 0.3) is 0 Å². The zero-order valence-electron chi connectivity index (χ0n) is 5.41. The molecule has 1 aliphatic rings. The van der Waals surface area contributed by atoms with E-state index in [2.05, 4.69) is 0 Å². The summed E-state index contributed by atoms with van der Waals surface area (Å²) in [5.41, 5.74) is 5.91. The van der Waals surface area contributed by atoms with Crippen molar-refractivity contribution in [3.63, 3.8) is 0 Å². The van der Waals surface area contributed by atoms with Crippen molar-refractivity contribution in [1.82, 2.24) is 0 Å². The van der Waals surface area contributed by atoms with Crippen LogP contribution in [0, 0.1) is 0 Å². The Kier molecular flexibility index (Phi) is 3.39. The average Bonchev–Trinajstić information content (AvgIpc) is 2.14. The lowest BCUT2D eigenvalue weighted by atomic mass is 10.2. The summed E-state index contributed by atoms with van der Waals surface area (Å²) in [6.45, 7) is 0. The van der Waals surface area contributed by atoms with Gasteiger partial charge in [-0.05, 0) is 12.8 Å². The van der Waals surface area contributed by atoms with Crippen LogP contribution in [-0.2, 0) is 4.79 Å². The molecule has 0 radical (unpaired) electrons. The summed E-state index contributed by atoms with van der Waals surface area (Å²) in [5.74, 6) is -0.831. The standard InChI is InChI=1S/C6H9NO2.ClH/c7-5-2-1-4(3-5)6(8)9;/h1,5H,2-3,7H2,(H,8,9);1H/t5-;/m0./s1. The second kappa shape index (κ2) is 3.58. The van der Waals surface area contributed by atoms with Gasteiger partial charge in [-0.2, -0.15) is 0 Å². The first-order valence-corrected chi connectivity index (χ1v) is 2.88. The number of nitrogens with two attached hydrogens (primary N) is 1. The number of carboxylic acid groups (broad SMARTS) is 1. The molecule has 0 aromatic carbocycles. The van der Waals surface area contributed by atoms with Crippen molar-refractivity contribution in [1.29, 1.82) is 0 Å². The van der Waals surface area contributed by atoms with Crippen LogP contribution in [0.3, 0.4) is 0 Å². The van der Waals surface area contributed by atoms with Gasteiger partial charge >= 0.3 is 5.97 Å². The van der Waals surface area contributed by atoms with Crippen molar-refractivity contribution in [2.75, 3.05) is 0 Å². The lowest BCUT2D eigenvalue weighted by molar-refractivity contribution is -0.132. The van der Waals surface area contributed by atoms with Gasteiger partial charge in [0, 0.05) is 11.6 Å². The van der Waals surface area contributed by atoms with Crippen LogP contribution in [-0.4, -0.2) is 17.1 Å². The Hall–Kier alpha value is -0.540. The zero-order valence-corrected chi connectivity index (χ0v) is 6.23. The minimum atomic E-state index is -0.831. The number of hydrogen-bond donors (Lipinski definition) is 2. The number of carboxylic acids is 1. The van der Waals surface area contributed by atoms with Crippen molar-refractivity contribution in [2.24, 2.45) is 5.73 Å². The van der Waals surface area contributed by atoms with Gasteiger partial charge in [-0.15, -0.1) is 12.4 Å². The normalized spacial score (nSPS) is 23.3. The molecule has 0 aliphatic heterocycles. The van der Waals surface area contributed by atoms with Gasteiger partial charge in [0.1, 0.15) is 0 Å². The lowest BCUT2D eigenvalue weighted by Gasteiger charge is -1.97. The molecule has 0 bridgehead atoms. The quantitative estimate of drug-likeness (QED) is 0.593. The Balaban J connectivity index is 0.000000810. The molecule has 58 valence electrons. The molecule has 10 heavy (non-hydrogen) atoms. The Labute approximate surface area is 65.3 Å². The predicted molar refractivity (Wildman–Crippen MR) is 40.2 cm³/mol. The van der Waals surface area contributed by atoms with Gasteiger partial charge in [0.05, 0.1) is 0 Å². The molecule has 0 saturated carbocycles. The van der Waals surface area contributed by atoms with Crippen LogP contribution in [0.5, 0.6) is 0 Å². The van der Waals surface area contributed by atoms with Crippen molar-refractivity contribution in [3.05, 3.63) is 11.6 Å². The highest BCUT2D eigenvalue weighted by Crippen LogP contribution is 2.16. The van der Waals surface area contributed by atoms with Crippen LogP contribution in [0.1, 0.15) is 12.8 Å². The van der Waals surface area contributed by atoms with Crippen molar-refractivity contribution >= 4 is 18.4 Å². The van der Waals surface area contributed by atoms with Crippen LogP contribution >= 0.6 is 12.4 Å². The second-order valence-corrected chi connectivity index (χ2v) is 2.23. The van der Waals surface area contributed by atoms with E-state index in [-0.39, 0.29) is 18.4 Å². The Bertz CT molecular complexity index is 167. The highest BCUT2D eigenvalue weighted by Gasteiger charge is 2.17. The molecule has 0 unspecified atom stereocenters. The summed E-state index contributed by atoms with van der Waals surface area (Å²) in [6.07, 6.45) is 2.92. The van der Waals surface area contributed by atoms with E-state index in [0.29, 0.717) is 18.4 Å². The van der Waals surface area contributed by atoms with Crippen LogP contribution in [0.2, 0.25) is 0 Å². The summed E-state index contributed by atoms with van der Waals surface area (Å²) in [4.78, 5) is 10.2. The van der Waals surface area contributed by atoms with Crippen LogP contribution in [0.4, 0.5) is 0 Å². The van der Waals surface area contributed by atoms with E-state index in [0.717, 1.165) is 0 Å². The molecular formula is C6H10ClNO2. The number of rotatable bonds is 1.